The fourth-order valence-corrected chi connectivity index (χ4v) is 0.967. The van der Waals surface area contributed by atoms with Crippen molar-refractivity contribution in [1.82, 2.24) is 5.32 Å². The molecule has 2 nitrogen and oxygen atoms in total. The highest BCUT2D eigenvalue weighted by molar-refractivity contribution is 5.18. The van der Waals surface area contributed by atoms with E-state index in [0.29, 0.717) is 18.7 Å². The second-order valence-corrected chi connectivity index (χ2v) is 2.64. The molecule has 1 aromatic carbocycles. The van der Waals surface area contributed by atoms with Crippen LogP contribution in [0.5, 0.6) is 0 Å². The molecule has 2 N–H and O–H groups in total. The predicted octanol–water partition coefficient (Wildman–Crippen LogP) is 1.05. The molecular formula is C9H11F2NO. The molecule has 13 heavy (non-hydrogen) atoms. The van der Waals surface area contributed by atoms with Crippen molar-refractivity contribution in [2.24, 2.45) is 0 Å². The summed E-state index contributed by atoms with van der Waals surface area (Å²) in [7, 11) is 0. The van der Waals surface area contributed by atoms with Crippen molar-refractivity contribution in [2.75, 3.05) is 13.2 Å². The molecule has 0 bridgehead atoms. The van der Waals surface area contributed by atoms with Crippen molar-refractivity contribution >= 4 is 0 Å². The second-order valence-electron chi connectivity index (χ2n) is 2.64. The van der Waals surface area contributed by atoms with Crippen LogP contribution < -0.4 is 5.32 Å². The van der Waals surface area contributed by atoms with Crippen LogP contribution >= 0.6 is 0 Å². The van der Waals surface area contributed by atoms with Crippen molar-refractivity contribution in [3.8, 4) is 0 Å². The highest BCUT2D eigenvalue weighted by Gasteiger charge is 2.02. The lowest BCUT2D eigenvalue weighted by atomic mass is 10.2. The molecule has 0 aliphatic heterocycles. The van der Waals surface area contributed by atoms with Crippen LogP contribution in [0.25, 0.3) is 0 Å². The Kier molecular flexibility index (Phi) is 3.79. The fraction of sp³-hybridized carbons (Fsp3) is 0.333. The van der Waals surface area contributed by atoms with E-state index in [1.165, 1.54) is 12.1 Å². The molecule has 0 aliphatic rings. The van der Waals surface area contributed by atoms with Gasteiger partial charge in [0, 0.05) is 24.7 Å². The molecule has 0 unspecified atom stereocenters. The van der Waals surface area contributed by atoms with E-state index in [4.69, 9.17) is 5.11 Å². The number of halogens is 2. The molecule has 0 spiro atoms. The van der Waals surface area contributed by atoms with Crippen molar-refractivity contribution in [2.45, 2.75) is 6.54 Å². The number of aliphatic hydroxyl groups excluding tert-OH is 1. The van der Waals surface area contributed by atoms with E-state index in [2.05, 4.69) is 5.32 Å². The van der Waals surface area contributed by atoms with Gasteiger partial charge in [0.25, 0.3) is 0 Å². The minimum atomic E-state index is -0.580. The normalized spacial score (nSPS) is 10.4. The molecule has 72 valence electrons. The summed E-state index contributed by atoms with van der Waals surface area (Å²) in [5.74, 6) is -1.14. The number of benzene rings is 1. The summed E-state index contributed by atoms with van der Waals surface area (Å²) in [5, 5.41) is 11.2. The molecule has 0 radical (unpaired) electrons. The first kappa shape index (κ1) is 10.1. The van der Waals surface area contributed by atoms with Gasteiger partial charge in [-0.15, -0.1) is 0 Å². The van der Waals surface area contributed by atoms with Crippen LogP contribution in [-0.4, -0.2) is 18.3 Å². The molecule has 4 heteroatoms. The van der Waals surface area contributed by atoms with Crippen LogP contribution in [0.15, 0.2) is 18.2 Å². The van der Waals surface area contributed by atoms with Crippen LogP contribution in [0.1, 0.15) is 5.56 Å². The van der Waals surface area contributed by atoms with Crippen molar-refractivity contribution in [3.05, 3.63) is 35.4 Å². The van der Waals surface area contributed by atoms with Gasteiger partial charge in [0.2, 0.25) is 0 Å². The average Bonchev–Trinajstić information content (AvgIpc) is 2.09. The van der Waals surface area contributed by atoms with Gasteiger partial charge in [0.15, 0.2) is 0 Å². The number of rotatable bonds is 4. The summed E-state index contributed by atoms with van der Waals surface area (Å²) in [6, 6.07) is 3.43. The SMILES string of the molecule is OCCNCc1ccc(F)cc1F. The molecule has 1 rings (SSSR count). The van der Waals surface area contributed by atoms with E-state index in [1.54, 1.807) is 0 Å². The molecule has 0 fully saturated rings. The summed E-state index contributed by atoms with van der Waals surface area (Å²) in [6.45, 7) is 0.701. The smallest absolute Gasteiger partial charge is 0.130 e. The summed E-state index contributed by atoms with van der Waals surface area (Å²) < 4.78 is 25.4. The van der Waals surface area contributed by atoms with E-state index in [1.807, 2.05) is 0 Å². The van der Waals surface area contributed by atoms with Gasteiger partial charge >= 0.3 is 0 Å². The van der Waals surface area contributed by atoms with Gasteiger partial charge in [-0.25, -0.2) is 8.78 Å². The average molecular weight is 187 g/mol. The van der Waals surface area contributed by atoms with Crippen LogP contribution in [0.3, 0.4) is 0 Å². The largest absolute Gasteiger partial charge is 0.395 e. The second kappa shape index (κ2) is 4.89. The van der Waals surface area contributed by atoms with Gasteiger partial charge in [-0.1, -0.05) is 6.07 Å². The molecule has 1 aromatic rings. The maximum atomic E-state index is 12.9. The molecule has 0 heterocycles. The van der Waals surface area contributed by atoms with Gasteiger partial charge in [-0.3, -0.25) is 0 Å². The van der Waals surface area contributed by atoms with Crippen molar-refractivity contribution in [1.29, 1.82) is 0 Å². The third kappa shape index (κ3) is 3.08. The van der Waals surface area contributed by atoms with E-state index in [9.17, 15) is 8.78 Å². The van der Waals surface area contributed by atoms with Crippen LogP contribution in [0.2, 0.25) is 0 Å². The molecular weight excluding hydrogens is 176 g/mol. The highest BCUT2D eigenvalue weighted by atomic mass is 19.1. The first-order valence-corrected chi connectivity index (χ1v) is 3.99. The quantitative estimate of drug-likeness (QED) is 0.690. The summed E-state index contributed by atoms with van der Waals surface area (Å²) in [4.78, 5) is 0. The topological polar surface area (TPSA) is 32.3 Å². The Bertz CT molecular complexity index is 278. The zero-order valence-corrected chi connectivity index (χ0v) is 7.06. The molecule has 0 atom stereocenters. The lowest BCUT2D eigenvalue weighted by molar-refractivity contribution is 0.291. The zero-order chi connectivity index (χ0) is 9.68. The lowest BCUT2D eigenvalue weighted by Crippen LogP contribution is -2.18. The Morgan fingerprint density at radius 1 is 1.31 bits per heavy atom. The first-order chi connectivity index (χ1) is 6.24. The number of nitrogens with one attached hydrogen (secondary N) is 1. The van der Waals surface area contributed by atoms with Crippen LogP contribution in [-0.2, 0) is 6.54 Å². The summed E-state index contributed by atoms with van der Waals surface area (Å²) in [6.07, 6.45) is 0. The first-order valence-electron chi connectivity index (χ1n) is 3.99. The molecule has 0 amide bonds. The van der Waals surface area contributed by atoms with E-state index in [-0.39, 0.29) is 6.61 Å². The van der Waals surface area contributed by atoms with Gasteiger partial charge in [0.1, 0.15) is 11.6 Å². The van der Waals surface area contributed by atoms with E-state index in [0.717, 1.165) is 6.07 Å². The Balaban J connectivity index is 2.56. The Morgan fingerprint density at radius 3 is 2.69 bits per heavy atom. The predicted molar refractivity (Wildman–Crippen MR) is 45.2 cm³/mol. The van der Waals surface area contributed by atoms with E-state index < -0.39 is 11.6 Å². The van der Waals surface area contributed by atoms with Gasteiger partial charge in [-0.2, -0.15) is 0 Å². The Hall–Kier alpha value is -1.00. The van der Waals surface area contributed by atoms with E-state index >= 15 is 0 Å². The number of hydrogen-bond donors (Lipinski definition) is 2. The van der Waals surface area contributed by atoms with Gasteiger partial charge in [-0.05, 0) is 6.07 Å². The van der Waals surface area contributed by atoms with Crippen molar-refractivity contribution in [3.63, 3.8) is 0 Å². The third-order valence-corrected chi connectivity index (χ3v) is 1.62. The number of hydrogen-bond acceptors (Lipinski definition) is 2. The van der Waals surface area contributed by atoms with Crippen molar-refractivity contribution < 1.29 is 13.9 Å². The Labute approximate surface area is 75.2 Å². The standard InChI is InChI=1S/C9H11F2NO/c10-8-2-1-7(9(11)5-8)6-12-3-4-13/h1-2,5,12-13H,3-4,6H2. The minimum absolute atomic E-state index is 0.00279. The lowest BCUT2D eigenvalue weighted by Gasteiger charge is -2.03. The van der Waals surface area contributed by atoms with Crippen LogP contribution in [0.4, 0.5) is 8.78 Å². The third-order valence-electron chi connectivity index (χ3n) is 1.62. The molecule has 0 saturated carbocycles. The molecule has 0 aromatic heterocycles. The van der Waals surface area contributed by atoms with Crippen LogP contribution in [0, 0.1) is 11.6 Å². The molecule has 0 aliphatic carbocycles. The van der Waals surface area contributed by atoms with Gasteiger partial charge < -0.3 is 10.4 Å². The van der Waals surface area contributed by atoms with Gasteiger partial charge in [0.05, 0.1) is 6.61 Å². The minimum Gasteiger partial charge on any atom is -0.395 e. The maximum Gasteiger partial charge on any atom is 0.130 e. The summed E-state index contributed by atoms with van der Waals surface area (Å²) >= 11 is 0. The zero-order valence-electron chi connectivity index (χ0n) is 7.06. The summed E-state index contributed by atoms with van der Waals surface area (Å²) in [5.41, 5.74) is 0.398. The molecule has 0 saturated heterocycles. The highest BCUT2D eigenvalue weighted by Crippen LogP contribution is 2.08. The maximum absolute atomic E-state index is 12.9. The Morgan fingerprint density at radius 2 is 2.08 bits per heavy atom. The monoisotopic (exact) mass is 187 g/mol. The fourth-order valence-electron chi connectivity index (χ4n) is 0.967. The number of aliphatic hydroxyl groups is 1.